The van der Waals surface area contributed by atoms with E-state index >= 15 is 0 Å². The van der Waals surface area contributed by atoms with E-state index in [1.807, 2.05) is 25.5 Å². The van der Waals surface area contributed by atoms with E-state index in [1.165, 1.54) is 0 Å². The number of hydrogen-bond acceptors (Lipinski definition) is 3. The smallest absolute Gasteiger partial charge is 0.303 e. The zero-order chi connectivity index (χ0) is 16.5. The van der Waals surface area contributed by atoms with Gasteiger partial charge in [-0.25, -0.2) is 0 Å². The van der Waals surface area contributed by atoms with Crippen LogP contribution in [-0.4, -0.2) is 33.3 Å². The molecule has 22 heavy (non-hydrogen) atoms. The molecule has 124 valence electrons. The molecule has 1 rings (SSSR count). The van der Waals surface area contributed by atoms with Crippen molar-refractivity contribution in [1.29, 1.82) is 0 Å². The Morgan fingerprint density at radius 2 is 1.86 bits per heavy atom. The Labute approximate surface area is 131 Å². The molecule has 0 saturated heterocycles. The number of carboxylic acids is 1. The van der Waals surface area contributed by atoms with Gasteiger partial charge in [-0.3, -0.25) is 14.3 Å². The van der Waals surface area contributed by atoms with Gasteiger partial charge in [-0.1, -0.05) is 19.3 Å². The molecule has 6 heteroatoms. The molecule has 0 atom stereocenters. The number of unbranched alkanes of at least 4 members (excludes halogenated alkanes) is 4. The molecule has 2 N–H and O–H groups in total. The third-order valence-electron chi connectivity index (χ3n) is 3.63. The van der Waals surface area contributed by atoms with Crippen molar-refractivity contribution in [1.82, 2.24) is 15.1 Å². The molecule has 1 heterocycles. The van der Waals surface area contributed by atoms with Crippen molar-refractivity contribution < 1.29 is 14.7 Å². The molecule has 0 bridgehead atoms. The minimum atomic E-state index is -0.732. The lowest BCUT2D eigenvalue weighted by Crippen LogP contribution is -2.25. The van der Waals surface area contributed by atoms with Gasteiger partial charge >= 0.3 is 5.97 Å². The fourth-order valence-electron chi connectivity index (χ4n) is 2.40. The number of aliphatic carboxylic acids is 1. The fourth-order valence-corrected chi connectivity index (χ4v) is 2.40. The zero-order valence-electron chi connectivity index (χ0n) is 13.8. The van der Waals surface area contributed by atoms with Crippen LogP contribution < -0.4 is 5.32 Å². The highest BCUT2D eigenvalue weighted by Crippen LogP contribution is 2.12. The van der Waals surface area contributed by atoms with Crippen molar-refractivity contribution in [3.8, 4) is 0 Å². The van der Waals surface area contributed by atoms with Gasteiger partial charge in [-0.2, -0.15) is 5.10 Å². The number of nitrogens with one attached hydrogen (secondary N) is 1. The summed E-state index contributed by atoms with van der Waals surface area (Å²) in [5, 5.41) is 15.7. The second kappa shape index (κ2) is 9.23. The standard InChI is InChI=1S/C16H27N3O3/c1-12(2)19-13(3)14(11-18-19)16(22)17-10-8-6-4-5-7-9-15(20)21/h11-12H,4-10H2,1-3H3,(H,17,22)(H,20,21). The maximum atomic E-state index is 12.1. The van der Waals surface area contributed by atoms with Crippen molar-refractivity contribution >= 4 is 11.9 Å². The quantitative estimate of drug-likeness (QED) is 0.651. The fraction of sp³-hybridized carbons (Fsp3) is 0.688. The highest BCUT2D eigenvalue weighted by atomic mass is 16.4. The first-order valence-electron chi connectivity index (χ1n) is 7.97. The number of carboxylic acid groups (broad SMARTS) is 1. The first-order chi connectivity index (χ1) is 10.4. The molecule has 0 aromatic carbocycles. The predicted molar refractivity (Wildman–Crippen MR) is 85.0 cm³/mol. The first-order valence-corrected chi connectivity index (χ1v) is 7.97. The average molecular weight is 309 g/mol. The van der Waals surface area contributed by atoms with Gasteiger partial charge in [-0.15, -0.1) is 0 Å². The number of nitrogens with zero attached hydrogens (tertiary/aromatic N) is 2. The van der Waals surface area contributed by atoms with Crippen LogP contribution in [-0.2, 0) is 4.79 Å². The van der Waals surface area contributed by atoms with Crippen LogP contribution in [0.3, 0.4) is 0 Å². The second-order valence-corrected chi connectivity index (χ2v) is 5.85. The van der Waals surface area contributed by atoms with Crippen molar-refractivity contribution in [3.63, 3.8) is 0 Å². The summed E-state index contributed by atoms with van der Waals surface area (Å²) in [6, 6.07) is 0.243. The van der Waals surface area contributed by atoms with Gasteiger partial charge in [0, 0.05) is 24.7 Å². The number of aromatic nitrogens is 2. The van der Waals surface area contributed by atoms with Gasteiger partial charge in [0.25, 0.3) is 5.91 Å². The largest absolute Gasteiger partial charge is 0.481 e. The van der Waals surface area contributed by atoms with Crippen LogP contribution in [0.1, 0.15) is 74.5 Å². The summed E-state index contributed by atoms with van der Waals surface area (Å²) in [5.41, 5.74) is 1.52. The van der Waals surface area contributed by atoms with E-state index in [2.05, 4.69) is 10.4 Å². The van der Waals surface area contributed by atoms with Crippen LogP contribution in [0.2, 0.25) is 0 Å². The Balaban J connectivity index is 2.20. The number of hydrogen-bond donors (Lipinski definition) is 2. The van der Waals surface area contributed by atoms with Crippen molar-refractivity contribution in [2.24, 2.45) is 0 Å². The van der Waals surface area contributed by atoms with Crippen LogP contribution >= 0.6 is 0 Å². The average Bonchev–Trinajstić information content (AvgIpc) is 2.83. The van der Waals surface area contributed by atoms with Crippen molar-refractivity contribution in [2.75, 3.05) is 6.54 Å². The molecule has 0 aliphatic rings. The van der Waals surface area contributed by atoms with Gasteiger partial charge in [0.15, 0.2) is 0 Å². The van der Waals surface area contributed by atoms with Gasteiger partial charge < -0.3 is 10.4 Å². The second-order valence-electron chi connectivity index (χ2n) is 5.85. The van der Waals surface area contributed by atoms with Crippen LogP contribution in [0.4, 0.5) is 0 Å². The van der Waals surface area contributed by atoms with Crippen LogP contribution in [0, 0.1) is 6.92 Å². The number of rotatable bonds is 10. The van der Waals surface area contributed by atoms with E-state index < -0.39 is 5.97 Å². The summed E-state index contributed by atoms with van der Waals surface area (Å²) < 4.78 is 1.84. The summed E-state index contributed by atoms with van der Waals surface area (Å²) in [4.78, 5) is 22.4. The van der Waals surface area contributed by atoms with E-state index in [0.29, 0.717) is 12.1 Å². The molecular formula is C16H27N3O3. The molecule has 0 unspecified atom stereocenters. The topological polar surface area (TPSA) is 84.2 Å². The third kappa shape index (κ3) is 5.87. The van der Waals surface area contributed by atoms with Crippen molar-refractivity contribution in [2.45, 2.75) is 65.3 Å². The maximum absolute atomic E-state index is 12.1. The third-order valence-corrected chi connectivity index (χ3v) is 3.63. The zero-order valence-corrected chi connectivity index (χ0v) is 13.8. The van der Waals surface area contributed by atoms with Crippen LogP contribution in [0.25, 0.3) is 0 Å². The summed E-state index contributed by atoms with van der Waals surface area (Å²) in [6.45, 7) is 6.62. The lowest BCUT2D eigenvalue weighted by molar-refractivity contribution is -0.137. The molecule has 0 fully saturated rings. The molecule has 6 nitrogen and oxygen atoms in total. The number of carbonyl (C=O) groups is 2. The number of amides is 1. The minimum absolute atomic E-state index is 0.0738. The Hall–Kier alpha value is -1.85. The van der Waals surface area contributed by atoms with Crippen LogP contribution in [0.5, 0.6) is 0 Å². The monoisotopic (exact) mass is 309 g/mol. The summed E-state index contributed by atoms with van der Waals surface area (Å²) in [5.74, 6) is -0.806. The Morgan fingerprint density at radius 3 is 2.45 bits per heavy atom. The van der Waals surface area contributed by atoms with E-state index in [4.69, 9.17) is 5.11 Å². The highest BCUT2D eigenvalue weighted by Gasteiger charge is 2.14. The maximum Gasteiger partial charge on any atom is 0.303 e. The molecule has 0 aliphatic carbocycles. The lowest BCUT2D eigenvalue weighted by Gasteiger charge is -2.09. The molecule has 0 aliphatic heterocycles. The SMILES string of the molecule is Cc1c(C(=O)NCCCCCCCC(=O)O)cnn1C(C)C. The molecule has 0 saturated carbocycles. The molecular weight excluding hydrogens is 282 g/mol. The van der Waals surface area contributed by atoms with Crippen LogP contribution in [0.15, 0.2) is 6.20 Å². The Bertz CT molecular complexity index is 495. The Kier molecular flexibility index (Phi) is 7.63. The molecule has 0 radical (unpaired) electrons. The molecule has 0 spiro atoms. The van der Waals surface area contributed by atoms with E-state index in [-0.39, 0.29) is 18.4 Å². The predicted octanol–water partition coefficient (Wildman–Crippen LogP) is 2.93. The highest BCUT2D eigenvalue weighted by molar-refractivity contribution is 5.95. The van der Waals surface area contributed by atoms with E-state index in [1.54, 1.807) is 6.20 Å². The van der Waals surface area contributed by atoms with Crippen molar-refractivity contribution in [3.05, 3.63) is 17.5 Å². The Morgan fingerprint density at radius 1 is 1.23 bits per heavy atom. The molecule has 1 aromatic rings. The molecule has 1 amide bonds. The molecule has 1 aromatic heterocycles. The number of carbonyl (C=O) groups excluding carboxylic acids is 1. The normalized spacial score (nSPS) is 10.9. The van der Waals surface area contributed by atoms with E-state index in [0.717, 1.165) is 37.8 Å². The summed E-state index contributed by atoms with van der Waals surface area (Å²) in [7, 11) is 0. The van der Waals surface area contributed by atoms with E-state index in [9.17, 15) is 9.59 Å². The minimum Gasteiger partial charge on any atom is -0.481 e. The lowest BCUT2D eigenvalue weighted by atomic mass is 10.1. The van der Waals surface area contributed by atoms with Gasteiger partial charge in [-0.05, 0) is 33.6 Å². The summed E-state index contributed by atoms with van der Waals surface area (Å²) in [6.07, 6.45) is 6.45. The first kappa shape index (κ1) is 18.2. The van der Waals surface area contributed by atoms with Gasteiger partial charge in [0.2, 0.25) is 0 Å². The van der Waals surface area contributed by atoms with Gasteiger partial charge in [0.05, 0.1) is 11.8 Å². The van der Waals surface area contributed by atoms with Gasteiger partial charge in [0.1, 0.15) is 0 Å². The summed E-state index contributed by atoms with van der Waals surface area (Å²) >= 11 is 0.